The number of unbranched alkanes of at least 4 members (excludes halogenated alkanes) is 40. The molecule has 0 aromatic heterocycles. The van der Waals surface area contributed by atoms with E-state index in [-0.39, 0.29) is 31.1 Å². The lowest BCUT2D eigenvalue weighted by Crippen LogP contribution is -2.30. The van der Waals surface area contributed by atoms with Crippen LogP contribution in [0.1, 0.15) is 348 Å². The lowest BCUT2D eigenvalue weighted by atomic mass is 10.0. The van der Waals surface area contributed by atoms with Crippen LogP contribution in [-0.2, 0) is 28.6 Å². The third kappa shape index (κ3) is 62.0. The maximum atomic E-state index is 12.9. The Labute approximate surface area is 472 Å². The minimum Gasteiger partial charge on any atom is -0.462 e. The Bertz CT molecular complexity index is 1360. The number of esters is 3. The van der Waals surface area contributed by atoms with E-state index in [4.69, 9.17) is 14.2 Å². The summed E-state index contributed by atoms with van der Waals surface area (Å²) in [6, 6.07) is 0. The van der Waals surface area contributed by atoms with Gasteiger partial charge in [-0.3, -0.25) is 14.4 Å². The summed E-state index contributed by atoms with van der Waals surface area (Å²) >= 11 is 0. The highest BCUT2D eigenvalue weighted by Crippen LogP contribution is 2.18. The molecule has 6 heteroatoms. The van der Waals surface area contributed by atoms with Crippen molar-refractivity contribution in [3.63, 3.8) is 0 Å². The minimum absolute atomic E-state index is 0.0710. The van der Waals surface area contributed by atoms with Gasteiger partial charge in [0, 0.05) is 19.3 Å². The van der Waals surface area contributed by atoms with E-state index < -0.39 is 6.10 Å². The lowest BCUT2D eigenvalue weighted by Gasteiger charge is -2.18. The Balaban J connectivity index is 4.13. The number of carbonyl (C=O) groups is 3. The van der Waals surface area contributed by atoms with E-state index in [1.54, 1.807) is 0 Å². The van der Waals surface area contributed by atoms with Gasteiger partial charge in [0.1, 0.15) is 13.2 Å². The Morgan fingerprint density at radius 1 is 0.276 bits per heavy atom. The smallest absolute Gasteiger partial charge is 0.306 e. The van der Waals surface area contributed by atoms with E-state index in [0.29, 0.717) is 19.3 Å². The molecule has 0 aliphatic carbocycles. The average molecular weight is 1060 g/mol. The minimum atomic E-state index is -0.773. The normalized spacial score (nSPS) is 12.4. The molecule has 0 aromatic rings. The Hall–Kier alpha value is -2.89. The number of hydrogen-bond acceptors (Lipinski definition) is 6. The van der Waals surface area contributed by atoms with Gasteiger partial charge in [-0.15, -0.1) is 0 Å². The van der Waals surface area contributed by atoms with E-state index in [1.165, 1.54) is 218 Å². The molecule has 0 spiro atoms. The molecule has 1 unspecified atom stereocenters. The molecule has 0 aliphatic heterocycles. The van der Waals surface area contributed by atoms with Gasteiger partial charge in [0.2, 0.25) is 0 Å². The zero-order valence-corrected chi connectivity index (χ0v) is 50.8. The standard InChI is InChI=1S/C70H126O6/c1-4-7-10-13-16-19-22-25-27-28-29-30-31-32-33-34-35-36-37-38-39-40-41-42-43-46-48-51-54-57-60-63-69(72)75-66-67(65-74-68(71)62-59-56-53-50-47-44-24-21-18-15-12-9-6-3)76-70(73)64-61-58-55-52-49-45-26-23-20-17-14-11-8-5-2/h7,10,16,19,21,24-25,27,29-30,67H,4-6,8-9,11-15,17-18,20,22-23,26,28,31-66H2,1-3H3/b10-7-,19-16-,24-21-,27-25-,30-29-. The van der Waals surface area contributed by atoms with Gasteiger partial charge in [0.15, 0.2) is 6.10 Å². The van der Waals surface area contributed by atoms with Crippen molar-refractivity contribution in [3.05, 3.63) is 60.8 Å². The molecule has 0 bridgehead atoms. The molecule has 0 fully saturated rings. The number of allylic oxidation sites excluding steroid dienone is 10. The monoisotopic (exact) mass is 1060 g/mol. The first-order chi connectivity index (χ1) is 37.5. The zero-order chi connectivity index (χ0) is 55.0. The van der Waals surface area contributed by atoms with Crippen LogP contribution in [0, 0.1) is 0 Å². The van der Waals surface area contributed by atoms with Crippen molar-refractivity contribution in [2.24, 2.45) is 0 Å². The van der Waals surface area contributed by atoms with Gasteiger partial charge in [0.05, 0.1) is 0 Å². The highest BCUT2D eigenvalue weighted by molar-refractivity contribution is 5.71. The van der Waals surface area contributed by atoms with Crippen LogP contribution in [-0.4, -0.2) is 37.2 Å². The van der Waals surface area contributed by atoms with E-state index >= 15 is 0 Å². The second-order valence-electron chi connectivity index (χ2n) is 22.4. The van der Waals surface area contributed by atoms with Crippen LogP contribution in [0.3, 0.4) is 0 Å². The molecular formula is C70H126O6. The predicted octanol–water partition coefficient (Wildman–Crippen LogP) is 22.7. The summed E-state index contributed by atoms with van der Waals surface area (Å²) < 4.78 is 16.9. The second-order valence-corrected chi connectivity index (χ2v) is 22.4. The third-order valence-corrected chi connectivity index (χ3v) is 14.8. The van der Waals surface area contributed by atoms with E-state index in [0.717, 1.165) is 89.9 Å². The molecule has 0 aromatic carbocycles. The van der Waals surface area contributed by atoms with Crippen molar-refractivity contribution in [3.8, 4) is 0 Å². The van der Waals surface area contributed by atoms with Gasteiger partial charge < -0.3 is 14.2 Å². The average Bonchev–Trinajstić information content (AvgIpc) is 3.42. The van der Waals surface area contributed by atoms with Gasteiger partial charge in [-0.05, 0) is 83.5 Å². The maximum absolute atomic E-state index is 12.9. The molecule has 0 N–H and O–H groups in total. The summed E-state index contributed by atoms with van der Waals surface area (Å²) in [5.74, 6) is -0.859. The Kier molecular flexibility index (Phi) is 62.2. The van der Waals surface area contributed by atoms with Gasteiger partial charge in [-0.2, -0.15) is 0 Å². The molecular weight excluding hydrogens is 937 g/mol. The van der Waals surface area contributed by atoms with E-state index in [1.807, 2.05) is 0 Å². The maximum Gasteiger partial charge on any atom is 0.306 e. The fourth-order valence-corrected chi connectivity index (χ4v) is 9.79. The fourth-order valence-electron chi connectivity index (χ4n) is 9.79. The van der Waals surface area contributed by atoms with Crippen molar-refractivity contribution in [2.75, 3.05) is 13.2 Å². The fraction of sp³-hybridized carbons (Fsp3) is 0.814. The molecule has 442 valence electrons. The van der Waals surface area contributed by atoms with Crippen LogP contribution in [0.25, 0.3) is 0 Å². The predicted molar refractivity (Wildman–Crippen MR) is 330 cm³/mol. The van der Waals surface area contributed by atoms with Crippen molar-refractivity contribution in [1.29, 1.82) is 0 Å². The van der Waals surface area contributed by atoms with Crippen LogP contribution in [0.15, 0.2) is 60.8 Å². The Morgan fingerprint density at radius 2 is 0.513 bits per heavy atom. The highest BCUT2D eigenvalue weighted by Gasteiger charge is 2.19. The quantitative estimate of drug-likeness (QED) is 0.0261. The summed E-state index contributed by atoms with van der Waals surface area (Å²) in [6.07, 6.45) is 82.5. The van der Waals surface area contributed by atoms with Crippen LogP contribution >= 0.6 is 0 Å². The molecule has 0 saturated carbocycles. The topological polar surface area (TPSA) is 78.9 Å². The second kappa shape index (κ2) is 64.6. The summed E-state index contributed by atoms with van der Waals surface area (Å²) in [5, 5.41) is 0. The van der Waals surface area contributed by atoms with Gasteiger partial charge in [-0.1, -0.05) is 306 Å². The molecule has 0 saturated heterocycles. The van der Waals surface area contributed by atoms with Crippen molar-refractivity contribution < 1.29 is 28.6 Å². The van der Waals surface area contributed by atoms with E-state index in [9.17, 15) is 14.4 Å². The molecule has 0 rings (SSSR count). The first kappa shape index (κ1) is 73.1. The number of carbonyl (C=O) groups excluding carboxylic acids is 3. The van der Waals surface area contributed by atoms with Crippen LogP contribution < -0.4 is 0 Å². The van der Waals surface area contributed by atoms with Crippen LogP contribution in [0.5, 0.6) is 0 Å². The van der Waals surface area contributed by atoms with Crippen molar-refractivity contribution >= 4 is 17.9 Å². The summed E-state index contributed by atoms with van der Waals surface area (Å²) in [4.78, 5) is 38.3. The van der Waals surface area contributed by atoms with Crippen molar-refractivity contribution in [2.45, 2.75) is 354 Å². The highest BCUT2D eigenvalue weighted by atomic mass is 16.6. The van der Waals surface area contributed by atoms with Gasteiger partial charge >= 0.3 is 17.9 Å². The van der Waals surface area contributed by atoms with Crippen LogP contribution in [0.4, 0.5) is 0 Å². The van der Waals surface area contributed by atoms with E-state index in [2.05, 4.69) is 81.5 Å². The molecule has 1 atom stereocenters. The summed E-state index contributed by atoms with van der Waals surface area (Å²) in [5.41, 5.74) is 0. The molecule has 0 radical (unpaired) electrons. The first-order valence-electron chi connectivity index (χ1n) is 33.3. The molecule has 0 aliphatic rings. The number of rotatable bonds is 61. The molecule has 0 amide bonds. The van der Waals surface area contributed by atoms with Crippen molar-refractivity contribution in [1.82, 2.24) is 0 Å². The number of ether oxygens (including phenoxy) is 3. The van der Waals surface area contributed by atoms with Gasteiger partial charge in [0.25, 0.3) is 0 Å². The number of hydrogen-bond donors (Lipinski definition) is 0. The molecule has 0 heterocycles. The third-order valence-electron chi connectivity index (χ3n) is 14.8. The van der Waals surface area contributed by atoms with Crippen LogP contribution in [0.2, 0.25) is 0 Å². The largest absolute Gasteiger partial charge is 0.462 e. The summed E-state index contributed by atoms with van der Waals surface area (Å²) in [7, 11) is 0. The summed E-state index contributed by atoms with van der Waals surface area (Å²) in [6.45, 7) is 6.55. The molecule has 76 heavy (non-hydrogen) atoms. The molecule has 6 nitrogen and oxygen atoms in total. The first-order valence-corrected chi connectivity index (χ1v) is 33.3. The lowest BCUT2D eigenvalue weighted by molar-refractivity contribution is -0.167. The Morgan fingerprint density at radius 3 is 0.829 bits per heavy atom. The SMILES string of the molecule is CC/C=C\C/C=C\C/C=C\C/C=C\CCCCCCCCCCCCCCCCCCCCC(=O)OCC(COC(=O)CCCCCCC/C=C\CCCCCC)OC(=O)CCCCCCCCCCCCCCCC. The zero-order valence-electron chi connectivity index (χ0n) is 50.8. The van der Waals surface area contributed by atoms with Gasteiger partial charge in [-0.25, -0.2) is 0 Å².